The van der Waals surface area contributed by atoms with Gasteiger partial charge in [0.25, 0.3) is 0 Å². The van der Waals surface area contributed by atoms with E-state index in [1.807, 2.05) is 0 Å². The zero-order chi connectivity index (χ0) is 44.2. The van der Waals surface area contributed by atoms with Crippen LogP contribution in [0.25, 0.3) is 0 Å². The Labute approximate surface area is 383 Å². The van der Waals surface area contributed by atoms with Crippen LogP contribution in [0.1, 0.15) is 328 Å². The number of rotatable bonds is 53. The number of aliphatic hydroxyl groups is 1. The van der Waals surface area contributed by atoms with Gasteiger partial charge in [-0.2, -0.15) is 0 Å². The van der Waals surface area contributed by atoms with Gasteiger partial charge in [-0.3, -0.25) is 9.59 Å². The Hall–Kier alpha value is -1.16. The largest absolute Gasteiger partial charge is 0.391 e. The van der Waals surface area contributed by atoms with E-state index in [1.54, 1.807) is 0 Å². The number of carbonyl (C=O) groups excluding carboxylic acids is 2. The summed E-state index contributed by atoms with van der Waals surface area (Å²) in [5.74, 6) is 0.598. The first kappa shape index (κ1) is 59.8. The predicted octanol–water partition coefficient (Wildman–Crippen LogP) is 18.7. The number of hydrogen-bond donors (Lipinski definition) is 2. The van der Waals surface area contributed by atoms with E-state index in [9.17, 15) is 14.7 Å². The molecule has 2 N–H and O–H groups in total. The van der Waals surface area contributed by atoms with E-state index in [0.29, 0.717) is 18.7 Å². The molecule has 0 bridgehead atoms. The lowest BCUT2D eigenvalue weighted by molar-refractivity contribution is -0.121. The highest BCUT2D eigenvalue weighted by atomic mass is 16.3. The predicted molar refractivity (Wildman–Crippen MR) is 271 cm³/mol. The minimum atomic E-state index is -0.401. The maximum atomic E-state index is 12.3. The summed E-state index contributed by atoms with van der Waals surface area (Å²) >= 11 is 0. The Kier molecular flexibility index (Phi) is 52.2. The Morgan fingerprint density at radius 3 is 0.951 bits per heavy atom. The molecule has 4 nitrogen and oxygen atoms in total. The van der Waals surface area contributed by atoms with Crippen LogP contribution in [-0.2, 0) is 9.59 Å². The van der Waals surface area contributed by atoms with Crippen LogP contribution < -0.4 is 5.32 Å². The molecule has 0 fully saturated rings. The van der Waals surface area contributed by atoms with Crippen LogP contribution in [0.5, 0.6) is 0 Å². The summed E-state index contributed by atoms with van der Waals surface area (Å²) in [6.45, 7) is 4.99. The van der Waals surface area contributed by atoms with Crippen LogP contribution in [0, 0.1) is 0 Å². The fraction of sp³-hybridized carbons (Fsp3) is 0.930. The second-order valence-corrected chi connectivity index (χ2v) is 19.6. The minimum Gasteiger partial charge on any atom is -0.391 e. The molecule has 0 aromatic carbocycles. The first-order valence-electron chi connectivity index (χ1n) is 28.2. The molecular formula is C57H111NO3. The van der Waals surface area contributed by atoms with Gasteiger partial charge in [0.1, 0.15) is 5.78 Å². The Bertz CT molecular complexity index is 886. The van der Waals surface area contributed by atoms with Crippen molar-refractivity contribution >= 4 is 11.7 Å². The van der Waals surface area contributed by atoms with Crippen LogP contribution in [0.2, 0.25) is 0 Å². The van der Waals surface area contributed by atoms with E-state index >= 15 is 0 Å². The summed E-state index contributed by atoms with van der Waals surface area (Å²) in [6, 6.07) is 0. The first-order valence-corrected chi connectivity index (χ1v) is 28.2. The van der Waals surface area contributed by atoms with E-state index in [1.165, 1.54) is 257 Å². The number of hydrogen-bond acceptors (Lipinski definition) is 3. The third-order valence-electron chi connectivity index (χ3n) is 13.3. The average Bonchev–Trinajstić information content (AvgIpc) is 3.26. The number of amides is 1. The van der Waals surface area contributed by atoms with Gasteiger partial charge in [0, 0.05) is 25.8 Å². The van der Waals surface area contributed by atoms with Crippen molar-refractivity contribution in [2.75, 3.05) is 6.54 Å². The van der Waals surface area contributed by atoms with Gasteiger partial charge in [-0.25, -0.2) is 0 Å². The quantitative estimate of drug-likeness (QED) is 0.0473. The van der Waals surface area contributed by atoms with Crippen LogP contribution in [-0.4, -0.2) is 29.4 Å². The second kappa shape index (κ2) is 53.2. The molecule has 0 rings (SSSR count). The van der Waals surface area contributed by atoms with Crippen molar-refractivity contribution in [3.8, 4) is 0 Å². The average molecular weight is 859 g/mol. The summed E-state index contributed by atoms with van der Waals surface area (Å²) < 4.78 is 0. The maximum Gasteiger partial charge on any atom is 0.220 e. The summed E-state index contributed by atoms with van der Waals surface area (Å²) in [7, 11) is 0. The monoisotopic (exact) mass is 858 g/mol. The molecule has 0 spiro atoms. The number of unbranched alkanes of at least 4 members (excludes halogenated alkanes) is 41. The zero-order valence-corrected chi connectivity index (χ0v) is 41.9. The lowest BCUT2D eigenvalue weighted by atomic mass is 10.0. The summed E-state index contributed by atoms with van der Waals surface area (Å²) in [5, 5.41) is 13.2. The van der Waals surface area contributed by atoms with Crippen molar-refractivity contribution in [2.24, 2.45) is 0 Å². The molecule has 0 aliphatic carbocycles. The standard InChI is InChI=1S/C57H111NO3/c1-3-5-7-9-11-13-15-17-19-21-22-23-25-26-30-34-38-42-46-50-55(59)51-47-43-39-35-31-28-29-33-37-41-45-49-53-57(61)58-54-56(60)52-48-44-40-36-32-27-24-20-18-16-14-12-10-8-6-4-2/h17,19,56,60H,3-16,18,20-54H2,1-2H3,(H,58,61)/b19-17-/t56-/m1/s1. The van der Waals surface area contributed by atoms with Gasteiger partial charge < -0.3 is 10.4 Å². The van der Waals surface area contributed by atoms with E-state index in [2.05, 4.69) is 31.3 Å². The number of ketones is 1. The van der Waals surface area contributed by atoms with Gasteiger partial charge in [0.05, 0.1) is 6.10 Å². The SMILES string of the molecule is CCCCCCCC/C=C\CCCCCCCCCCCC(=O)CCCCCCCCCCCCCCC(=O)NC[C@H](O)CCCCCCCCCCCCCCCCCC. The van der Waals surface area contributed by atoms with Crippen molar-refractivity contribution in [1.82, 2.24) is 5.32 Å². The molecule has 0 saturated carbocycles. The number of carbonyl (C=O) groups is 2. The van der Waals surface area contributed by atoms with E-state index in [0.717, 1.165) is 51.4 Å². The maximum absolute atomic E-state index is 12.3. The molecule has 1 amide bonds. The van der Waals surface area contributed by atoms with Crippen LogP contribution in [0.3, 0.4) is 0 Å². The van der Waals surface area contributed by atoms with Crippen LogP contribution in [0.4, 0.5) is 0 Å². The molecule has 0 radical (unpaired) electrons. The highest BCUT2D eigenvalue weighted by Crippen LogP contribution is 2.17. The summed E-state index contributed by atoms with van der Waals surface area (Å²) in [6.07, 6.45) is 66.8. The van der Waals surface area contributed by atoms with Crippen LogP contribution in [0.15, 0.2) is 12.2 Å². The Balaban J connectivity index is 3.30. The van der Waals surface area contributed by atoms with Crippen molar-refractivity contribution in [1.29, 1.82) is 0 Å². The number of aliphatic hydroxyl groups excluding tert-OH is 1. The van der Waals surface area contributed by atoms with Gasteiger partial charge in [0.2, 0.25) is 5.91 Å². The molecule has 4 heteroatoms. The molecule has 0 unspecified atom stereocenters. The van der Waals surface area contributed by atoms with Gasteiger partial charge >= 0.3 is 0 Å². The molecule has 0 aliphatic rings. The van der Waals surface area contributed by atoms with E-state index in [4.69, 9.17) is 0 Å². The normalized spacial score (nSPS) is 12.2. The third kappa shape index (κ3) is 53.1. The molecule has 0 saturated heterocycles. The molecule has 362 valence electrons. The third-order valence-corrected chi connectivity index (χ3v) is 13.3. The highest BCUT2D eigenvalue weighted by molar-refractivity contribution is 5.78. The Morgan fingerprint density at radius 2 is 0.623 bits per heavy atom. The first-order chi connectivity index (χ1) is 30.1. The van der Waals surface area contributed by atoms with Crippen molar-refractivity contribution in [3.63, 3.8) is 0 Å². The molecular weight excluding hydrogens is 747 g/mol. The highest BCUT2D eigenvalue weighted by Gasteiger charge is 2.08. The molecule has 0 aromatic rings. The molecule has 0 heterocycles. The fourth-order valence-electron chi connectivity index (χ4n) is 8.95. The lowest BCUT2D eigenvalue weighted by Gasteiger charge is -2.12. The fourth-order valence-corrected chi connectivity index (χ4v) is 8.95. The smallest absolute Gasteiger partial charge is 0.220 e. The van der Waals surface area contributed by atoms with Crippen LogP contribution >= 0.6 is 0 Å². The topological polar surface area (TPSA) is 66.4 Å². The van der Waals surface area contributed by atoms with Gasteiger partial charge in [-0.15, -0.1) is 0 Å². The van der Waals surface area contributed by atoms with Gasteiger partial charge in [-0.1, -0.05) is 270 Å². The minimum absolute atomic E-state index is 0.102. The van der Waals surface area contributed by atoms with E-state index < -0.39 is 6.10 Å². The van der Waals surface area contributed by atoms with Crippen molar-refractivity contribution in [2.45, 2.75) is 335 Å². The van der Waals surface area contributed by atoms with E-state index in [-0.39, 0.29) is 5.91 Å². The molecule has 0 aromatic heterocycles. The van der Waals surface area contributed by atoms with Crippen molar-refractivity contribution < 1.29 is 14.7 Å². The number of allylic oxidation sites excluding steroid dienone is 2. The summed E-state index contributed by atoms with van der Waals surface area (Å²) in [5.41, 5.74) is 0. The Morgan fingerprint density at radius 1 is 0.361 bits per heavy atom. The second-order valence-electron chi connectivity index (χ2n) is 19.6. The molecule has 1 atom stereocenters. The number of Topliss-reactive ketones (excluding diaryl/α,β-unsaturated/α-hetero) is 1. The molecule has 0 aliphatic heterocycles. The van der Waals surface area contributed by atoms with Gasteiger partial charge in [0.15, 0.2) is 0 Å². The number of nitrogens with one attached hydrogen (secondary N) is 1. The molecule has 61 heavy (non-hydrogen) atoms. The van der Waals surface area contributed by atoms with Crippen molar-refractivity contribution in [3.05, 3.63) is 12.2 Å². The van der Waals surface area contributed by atoms with Gasteiger partial charge in [-0.05, 0) is 51.4 Å². The summed E-state index contributed by atoms with van der Waals surface area (Å²) in [4.78, 5) is 24.5. The zero-order valence-electron chi connectivity index (χ0n) is 41.9. The lowest BCUT2D eigenvalue weighted by Crippen LogP contribution is -2.31.